The smallest absolute Gasteiger partial charge is 0.220 e. The third-order valence-electron chi connectivity index (χ3n) is 3.77. The normalized spacial score (nSPS) is 20.5. The van der Waals surface area contributed by atoms with Crippen molar-refractivity contribution in [3.8, 4) is 0 Å². The fourth-order valence-electron chi connectivity index (χ4n) is 2.34. The summed E-state index contributed by atoms with van der Waals surface area (Å²) in [5.41, 5.74) is 0. The standard InChI is InChI=1S/C15H28N2O3/c1-2-3-7-16-14(19)6-5-12-10-13(12)11-15(20)17-8-4-9-18/h12-13,18H,2-11H2,1H3,(H,16,19)(H,17,20). The molecule has 2 amide bonds. The van der Waals surface area contributed by atoms with Gasteiger partial charge in [-0.1, -0.05) is 13.3 Å². The van der Waals surface area contributed by atoms with Crippen molar-refractivity contribution in [3.63, 3.8) is 0 Å². The molecule has 0 aromatic carbocycles. The molecule has 0 radical (unpaired) electrons. The zero-order valence-electron chi connectivity index (χ0n) is 12.5. The zero-order valence-corrected chi connectivity index (χ0v) is 12.5. The summed E-state index contributed by atoms with van der Waals surface area (Å²) in [6.07, 6.45) is 5.84. The predicted octanol–water partition coefficient (Wildman–Crippen LogP) is 1.21. The van der Waals surface area contributed by atoms with Crippen LogP contribution in [0.2, 0.25) is 0 Å². The molecule has 2 unspecified atom stereocenters. The lowest BCUT2D eigenvalue weighted by Gasteiger charge is -2.05. The van der Waals surface area contributed by atoms with Gasteiger partial charge in [0, 0.05) is 32.5 Å². The third kappa shape index (κ3) is 7.48. The fourth-order valence-corrected chi connectivity index (χ4v) is 2.34. The number of hydrogen-bond donors (Lipinski definition) is 3. The van der Waals surface area contributed by atoms with E-state index in [-0.39, 0.29) is 18.4 Å². The summed E-state index contributed by atoms with van der Waals surface area (Å²) in [6, 6.07) is 0. The Hall–Kier alpha value is -1.10. The Kier molecular flexibility index (Phi) is 8.26. The third-order valence-corrected chi connectivity index (χ3v) is 3.77. The summed E-state index contributed by atoms with van der Waals surface area (Å²) < 4.78 is 0. The maximum atomic E-state index is 11.6. The molecule has 5 heteroatoms. The summed E-state index contributed by atoms with van der Waals surface area (Å²) in [7, 11) is 0. The van der Waals surface area contributed by atoms with Crippen molar-refractivity contribution in [2.75, 3.05) is 19.7 Å². The molecular weight excluding hydrogens is 256 g/mol. The molecule has 3 N–H and O–H groups in total. The van der Waals surface area contributed by atoms with Crippen molar-refractivity contribution < 1.29 is 14.7 Å². The van der Waals surface area contributed by atoms with E-state index in [1.54, 1.807) is 0 Å². The number of amides is 2. The van der Waals surface area contributed by atoms with Crippen LogP contribution >= 0.6 is 0 Å². The van der Waals surface area contributed by atoms with Gasteiger partial charge >= 0.3 is 0 Å². The number of aliphatic hydroxyl groups excluding tert-OH is 1. The second kappa shape index (κ2) is 9.75. The van der Waals surface area contributed by atoms with E-state index >= 15 is 0 Å². The molecule has 116 valence electrons. The van der Waals surface area contributed by atoms with Crippen molar-refractivity contribution in [1.29, 1.82) is 0 Å². The number of hydrogen-bond acceptors (Lipinski definition) is 3. The van der Waals surface area contributed by atoms with Crippen LogP contribution in [0.1, 0.15) is 51.9 Å². The van der Waals surface area contributed by atoms with Gasteiger partial charge in [-0.3, -0.25) is 9.59 Å². The van der Waals surface area contributed by atoms with Gasteiger partial charge in [-0.25, -0.2) is 0 Å². The molecule has 0 heterocycles. The number of carbonyl (C=O) groups excluding carboxylic acids is 2. The quantitative estimate of drug-likeness (QED) is 0.499. The average Bonchev–Trinajstić information content (AvgIpc) is 3.15. The summed E-state index contributed by atoms with van der Waals surface area (Å²) in [4.78, 5) is 23.1. The van der Waals surface area contributed by atoms with Gasteiger partial charge in [0.25, 0.3) is 0 Å². The molecule has 1 rings (SSSR count). The Bertz CT molecular complexity index is 307. The van der Waals surface area contributed by atoms with E-state index in [1.165, 1.54) is 0 Å². The molecule has 0 aromatic heterocycles. The average molecular weight is 284 g/mol. The Morgan fingerprint density at radius 1 is 1.10 bits per heavy atom. The van der Waals surface area contributed by atoms with Crippen molar-refractivity contribution in [1.82, 2.24) is 10.6 Å². The van der Waals surface area contributed by atoms with Crippen LogP contribution in [0.3, 0.4) is 0 Å². The molecule has 0 aliphatic heterocycles. The van der Waals surface area contributed by atoms with Gasteiger partial charge in [0.1, 0.15) is 0 Å². The summed E-state index contributed by atoms with van der Waals surface area (Å²) in [5.74, 6) is 1.19. The molecule has 1 aliphatic rings. The van der Waals surface area contributed by atoms with Gasteiger partial charge in [0.15, 0.2) is 0 Å². The Balaban J connectivity index is 2.00. The largest absolute Gasteiger partial charge is 0.396 e. The molecule has 0 bridgehead atoms. The molecule has 2 atom stereocenters. The minimum absolute atomic E-state index is 0.0679. The summed E-state index contributed by atoms with van der Waals surface area (Å²) in [5, 5.41) is 14.3. The van der Waals surface area contributed by atoms with Gasteiger partial charge < -0.3 is 15.7 Å². The van der Waals surface area contributed by atoms with Crippen molar-refractivity contribution in [2.24, 2.45) is 11.8 Å². The minimum atomic E-state index is 0.0679. The van der Waals surface area contributed by atoms with Gasteiger partial charge in [0.2, 0.25) is 11.8 Å². The van der Waals surface area contributed by atoms with Crippen LogP contribution in [0.15, 0.2) is 0 Å². The molecule has 0 aromatic rings. The van der Waals surface area contributed by atoms with Crippen LogP contribution < -0.4 is 10.6 Å². The SMILES string of the molecule is CCCCNC(=O)CCC1CC1CC(=O)NCCCO. The van der Waals surface area contributed by atoms with E-state index in [2.05, 4.69) is 17.6 Å². The van der Waals surface area contributed by atoms with E-state index in [0.717, 1.165) is 32.2 Å². The van der Waals surface area contributed by atoms with Crippen LogP contribution in [-0.4, -0.2) is 36.6 Å². The molecule has 0 spiro atoms. The van der Waals surface area contributed by atoms with Gasteiger partial charge in [0.05, 0.1) is 0 Å². The lowest BCUT2D eigenvalue weighted by molar-refractivity contribution is -0.121. The first-order valence-electron chi connectivity index (χ1n) is 7.81. The molecule has 0 saturated heterocycles. The van der Waals surface area contributed by atoms with Crippen LogP contribution in [0.25, 0.3) is 0 Å². The van der Waals surface area contributed by atoms with Crippen LogP contribution in [0.4, 0.5) is 0 Å². The molecule has 20 heavy (non-hydrogen) atoms. The molecule has 1 saturated carbocycles. The van der Waals surface area contributed by atoms with E-state index in [4.69, 9.17) is 5.11 Å². The number of rotatable bonds is 11. The lowest BCUT2D eigenvalue weighted by Crippen LogP contribution is -2.25. The second-order valence-corrected chi connectivity index (χ2v) is 5.63. The molecular formula is C15H28N2O3. The van der Waals surface area contributed by atoms with Crippen LogP contribution in [0, 0.1) is 11.8 Å². The van der Waals surface area contributed by atoms with Gasteiger partial charge in [-0.2, -0.15) is 0 Å². The fraction of sp³-hybridized carbons (Fsp3) is 0.867. The van der Waals surface area contributed by atoms with Crippen molar-refractivity contribution in [2.45, 2.75) is 51.9 Å². The number of unbranched alkanes of at least 4 members (excludes halogenated alkanes) is 1. The Morgan fingerprint density at radius 2 is 1.80 bits per heavy atom. The first-order chi connectivity index (χ1) is 9.67. The molecule has 1 fully saturated rings. The highest BCUT2D eigenvalue weighted by Crippen LogP contribution is 2.44. The topological polar surface area (TPSA) is 78.4 Å². The number of aliphatic hydroxyl groups is 1. The monoisotopic (exact) mass is 284 g/mol. The van der Waals surface area contributed by atoms with Crippen molar-refractivity contribution in [3.05, 3.63) is 0 Å². The summed E-state index contributed by atoms with van der Waals surface area (Å²) in [6.45, 7) is 3.54. The predicted molar refractivity (Wildman–Crippen MR) is 78.1 cm³/mol. The number of carbonyl (C=O) groups is 2. The molecule has 5 nitrogen and oxygen atoms in total. The van der Waals surface area contributed by atoms with E-state index in [1.807, 2.05) is 0 Å². The van der Waals surface area contributed by atoms with Crippen LogP contribution in [0.5, 0.6) is 0 Å². The highest BCUT2D eigenvalue weighted by molar-refractivity contribution is 5.77. The summed E-state index contributed by atoms with van der Waals surface area (Å²) >= 11 is 0. The number of nitrogens with one attached hydrogen (secondary N) is 2. The van der Waals surface area contributed by atoms with Gasteiger partial charge in [-0.15, -0.1) is 0 Å². The molecule has 1 aliphatic carbocycles. The minimum Gasteiger partial charge on any atom is -0.396 e. The second-order valence-electron chi connectivity index (χ2n) is 5.63. The van der Waals surface area contributed by atoms with Crippen LogP contribution in [-0.2, 0) is 9.59 Å². The van der Waals surface area contributed by atoms with E-state index < -0.39 is 0 Å². The Morgan fingerprint density at radius 3 is 2.50 bits per heavy atom. The highest BCUT2D eigenvalue weighted by Gasteiger charge is 2.37. The highest BCUT2D eigenvalue weighted by atomic mass is 16.3. The first-order valence-corrected chi connectivity index (χ1v) is 7.81. The zero-order chi connectivity index (χ0) is 14.8. The lowest BCUT2D eigenvalue weighted by atomic mass is 10.1. The first kappa shape index (κ1) is 17.0. The maximum absolute atomic E-state index is 11.6. The Labute approximate surface area is 121 Å². The van der Waals surface area contributed by atoms with Crippen molar-refractivity contribution >= 4 is 11.8 Å². The maximum Gasteiger partial charge on any atom is 0.220 e. The van der Waals surface area contributed by atoms with E-state index in [9.17, 15) is 9.59 Å². The van der Waals surface area contributed by atoms with E-state index in [0.29, 0.717) is 37.6 Å². The van der Waals surface area contributed by atoms with Gasteiger partial charge in [-0.05, 0) is 37.5 Å².